The van der Waals surface area contributed by atoms with Crippen molar-refractivity contribution in [3.63, 3.8) is 0 Å². The molecule has 2 aromatic carbocycles. The first-order chi connectivity index (χ1) is 11.8. The van der Waals surface area contributed by atoms with Gasteiger partial charge in [-0.1, -0.05) is 48.6 Å². The highest BCUT2D eigenvalue weighted by Crippen LogP contribution is 2.30. The number of likely N-dealkylation sites (tertiary alicyclic amines) is 1. The van der Waals surface area contributed by atoms with Crippen LogP contribution in [-0.2, 0) is 0 Å². The molecular formula is C20H20N2O2. The van der Waals surface area contributed by atoms with Gasteiger partial charge in [0, 0.05) is 11.6 Å². The number of nitro groups is 1. The predicted octanol–water partition coefficient (Wildman–Crippen LogP) is 4.17. The average Bonchev–Trinajstić information content (AvgIpc) is 2.64. The van der Waals surface area contributed by atoms with E-state index in [-0.39, 0.29) is 16.7 Å². The molecule has 1 heterocycles. The Morgan fingerprint density at radius 3 is 2.33 bits per heavy atom. The number of hydrogen-bond donors (Lipinski definition) is 0. The summed E-state index contributed by atoms with van der Waals surface area (Å²) in [4.78, 5) is 13.4. The fourth-order valence-electron chi connectivity index (χ4n) is 3.10. The van der Waals surface area contributed by atoms with Crippen LogP contribution in [0.5, 0.6) is 0 Å². The fraction of sp³-hybridized carbons (Fsp3) is 0.300. The summed E-state index contributed by atoms with van der Waals surface area (Å²) in [6.07, 6.45) is 3.44. The average molecular weight is 320 g/mol. The Bertz CT molecular complexity index is 756. The number of para-hydroxylation sites is 1. The molecule has 1 unspecified atom stereocenters. The second kappa shape index (κ2) is 7.76. The van der Waals surface area contributed by atoms with Crippen LogP contribution in [0.25, 0.3) is 0 Å². The van der Waals surface area contributed by atoms with Gasteiger partial charge in [0.2, 0.25) is 0 Å². The summed E-state index contributed by atoms with van der Waals surface area (Å²) in [5.41, 5.74) is 1.77. The quantitative estimate of drug-likeness (QED) is 0.484. The lowest BCUT2D eigenvalue weighted by molar-refractivity contribution is -0.385. The molecule has 4 heteroatoms. The molecule has 0 bridgehead atoms. The van der Waals surface area contributed by atoms with E-state index < -0.39 is 0 Å². The van der Waals surface area contributed by atoms with Crippen molar-refractivity contribution in [3.8, 4) is 11.8 Å². The summed E-state index contributed by atoms with van der Waals surface area (Å²) >= 11 is 0. The predicted molar refractivity (Wildman–Crippen MR) is 94.6 cm³/mol. The highest BCUT2D eigenvalue weighted by atomic mass is 16.6. The third-order valence-electron chi connectivity index (χ3n) is 4.31. The van der Waals surface area contributed by atoms with E-state index in [0.29, 0.717) is 5.56 Å². The Hall–Kier alpha value is -2.64. The number of rotatable bonds is 3. The number of benzene rings is 2. The molecule has 1 aliphatic heterocycles. The van der Waals surface area contributed by atoms with Crippen LogP contribution < -0.4 is 0 Å². The molecular weight excluding hydrogens is 300 g/mol. The minimum Gasteiger partial charge on any atom is -0.286 e. The van der Waals surface area contributed by atoms with Gasteiger partial charge in [-0.2, -0.15) is 0 Å². The first kappa shape index (κ1) is 16.2. The zero-order valence-electron chi connectivity index (χ0n) is 13.5. The third-order valence-corrected chi connectivity index (χ3v) is 4.31. The van der Waals surface area contributed by atoms with Crippen molar-refractivity contribution in [3.05, 3.63) is 75.8 Å². The first-order valence-electron chi connectivity index (χ1n) is 8.29. The van der Waals surface area contributed by atoms with Gasteiger partial charge in [0.15, 0.2) is 0 Å². The zero-order valence-corrected chi connectivity index (χ0v) is 13.5. The van der Waals surface area contributed by atoms with E-state index >= 15 is 0 Å². The number of nitrogens with zero attached hydrogens (tertiary/aromatic N) is 2. The molecule has 0 amide bonds. The Kier molecular flexibility index (Phi) is 5.25. The van der Waals surface area contributed by atoms with Gasteiger partial charge in [0.1, 0.15) is 6.04 Å². The van der Waals surface area contributed by atoms with E-state index in [9.17, 15) is 10.1 Å². The molecule has 0 N–H and O–H groups in total. The van der Waals surface area contributed by atoms with Crippen LogP contribution in [0.3, 0.4) is 0 Å². The molecule has 4 nitrogen and oxygen atoms in total. The molecule has 3 rings (SSSR count). The van der Waals surface area contributed by atoms with Crippen LogP contribution >= 0.6 is 0 Å². The Labute approximate surface area is 142 Å². The fourth-order valence-corrected chi connectivity index (χ4v) is 3.10. The molecule has 1 saturated heterocycles. The van der Waals surface area contributed by atoms with Gasteiger partial charge in [-0.3, -0.25) is 15.0 Å². The summed E-state index contributed by atoms with van der Waals surface area (Å²) in [7, 11) is 0. The molecule has 0 saturated carbocycles. The van der Waals surface area contributed by atoms with Crippen molar-refractivity contribution in [2.24, 2.45) is 0 Å². The third kappa shape index (κ3) is 3.81. The van der Waals surface area contributed by atoms with Gasteiger partial charge >= 0.3 is 0 Å². The maximum absolute atomic E-state index is 11.4. The van der Waals surface area contributed by atoms with Crippen LogP contribution in [0.1, 0.15) is 36.4 Å². The molecule has 24 heavy (non-hydrogen) atoms. The number of piperidine rings is 1. The molecule has 0 radical (unpaired) electrons. The summed E-state index contributed by atoms with van der Waals surface area (Å²) < 4.78 is 0. The van der Waals surface area contributed by atoms with Crippen LogP contribution in [0.2, 0.25) is 0 Å². The molecule has 0 spiro atoms. The minimum absolute atomic E-state index is 0.149. The molecule has 1 aliphatic rings. The number of hydrogen-bond acceptors (Lipinski definition) is 3. The minimum atomic E-state index is -0.309. The van der Waals surface area contributed by atoms with E-state index in [2.05, 4.69) is 16.7 Å². The van der Waals surface area contributed by atoms with Gasteiger partial charge < -0.3 is 0 Å². The van der Waals surface area contributed by atoms with Gasteiger partial charge in [0.25, 0.3) is 5.69 Å². The van der Waals surface area contributed by atoms with Crippen molar-refractivity contribution in [2.45, 2.75) is 25.3 Å². The van der Waals surface area contributed by atoms with E-state index in [1.165, 1.54) is 6.42 Å². The smallest absolute Gasteiger partial charge is 0.275 e. The standard InChI is InChI=1S/C20H20N2O2/c23-22(24)20-12-6-5-11-18(20)19(21-15-7-2-8-16-21)14-13-17-9-3-1-4-10-17/h1,3-6,9-12,19H,2,7-8,15-16H2. The van der Waals surface area contributed by atoms with E-state index in [1.54, 1.807) is 12.1 Å². The molecule has 0 aliphatic carbocycles. The molecule has 2 aromatic rings. The number of nitro benzene ring substituents is 1. The highest BCUT2D eigenvalue weighted by Gasteiger charge is 2.26. The van der Waals surface area contributed by atoms with Gasteiger partial charge in [0.05, 0.1) is 10.5 Å². The second-order valence-electron chi connectivity index (χ2n) is 5.95. The van der Waals surface area contributed by atoms with Crippen molar-refractivity contribution in [2.75, 3.05) is 13.1 Å². The summed E-state index contributed by atoms with van der Waals surface area (Å²) in [5, 5.41) is 11.4. The maximum atomic E-state index is 11.4. The molecule has 0 aromatic heterocycles. The van der Waals surface area contributed by atoms with Crippen molar-refractivity contribution in [1.29, 1.82) is 0 Å². The Morgan fingerprint density at radius 1 is 0.958 bits per heavy atom. The van der Waals surface area contributed by atoms with Crippen LogP contribution in [0.15, 0.2) is 54.6 Å². The zero-order chi connectivity index (χ0) is 16.8. The maximum Gasteiger partial charge on any atom is 0.275 e. The highest BCUT2D eigenvalue weighted by molar-refractivity contribution is 5.47. The Morgan fingerprint density at radius 2 is 1.62 bits per heavy atom. The monoisotopic (exact) mass is 320 g/mol. The molecule has 122 valence electrons. The summed E-state index contributed by atoms with van der Waals surface area (Å²) in [5.74, 6) is 6.48. The summed E-state index contributed by atoms with van der Waals surface area (Å²) in [6.45, 7) is 1.86. The van der Waals surface area contributed by atoms with Crippen molar-refractivity contribution < 1.29 is 4.92 Å². The van der Waals surface area contributed by atoms with E-state index in [0.717, 1.165) is 31.5 Å². The van der Waals surface area contributed by atoms with Gasteiger partial charge in [-0.15, -0.1) is 0 Å². The van der Waals surface area contributed by atoms with Gasteiger partial charge in [-0.05, 0) is 44.1 Å². The normalized spacial score (nSPS) is 16.0. The lowest BCUT2D eigenvalue weighted by Gasteiger charge is -2.31. The first-order valence-corrected chi connectivity index (χ1v) is 8.29. The van der Waals surface area contributed by atoms with Crippen molar-refractivity contribution >= 4 is 5.69 Å². The topological polar surface area (TPSA) is 46.4 Å². The van der Waals surface area contributed by atoms with E-state index in [1.807, 2.05) is 42.5 Å². The lowest BCUT2D eigenvalue weighted by atomic mass is 10.00. The van der Waals surface area contributed by atoms with E-state index in [4.69, 9.17) is 0 Å². The van der Waals surface area contributed by atoms with Crippen molar-refractivity contribution in [1.82, 2.24) is 4.90 Å². The van der Waals surface area contributed by atoms with Gasteiger partial charge in [-0.25, -0.2) is 0 Å². The molecule has 1 fully saturated rings. The second-order valence-corrected chi connectivity index (χ2v) is 5.95. The van der Waals surface area contributed by atoms with Crippen LogP contribution in [0.4, 0.5) is 5.69 Å². The lowest BCUT2D eigenvalue weighted by Crippen LogP contribution is -2.33. The SMILES string of the molecule is O=[N+]([O-])c1ccccc1C(C#Cc1ccccc1)N1CCCCC1. The van der Waals surface area contributed by atoms with Crippen LogP contribution in [-0.4, -0.2) is 22.9 Å². The Balaban J connectivity index is 2.00. The summed E-state index contributed by atoms with van der Waals surface area (Å²) in [6, 6.07) is 16.5. The van der Waals surface area contributed by atoms with Crippen LogP contribution in [0, 0.1) is 22.0 Å². The molecule has 1 atom stereocenters. The largest absolute Gasteiger partial charge is 0.286 e.